The summed E-state index contributed by atoms with van der Waals surface area (Å²) < 4.78 is 5.64. The lowest BCUT2D eigenvalue weighted by Crippen LogP contribution is -2.47. The Morgan fingerprint density at radius 3 is 2.09 bits per heavy atom. The fourth-order valence-electron chi connectivity index (χ4n) is 2.91. The van der Waals surface area contributed by atoms with Gasteiger partial charge in [-0.15, -0.1) is 0 Å². The molecule has 3 amide bonds. The Bertz CT molecular complexity index is 1100. The molecule has 1 atom stereocenters. The fourth-order valence-corrected chi connectivity index (χ4v) is 3.09. The van der Waals surface area contributed by atoms with Crippen molar-refractivity contribution in [2.45, 2.75) is 25.9 Å². The topological polar surface area (TPSA) is 96.5 Å². The van der Waals surface area contributed by atoms with Crippen molar-refractivity contribution in [3.05, 3.63) is 83.9 Å². The third-order valence-electron chi connectivity index (χ3n) is 4.70. The Labute approximate surface area is 197 Å². The summed E-state index contributed by atoms with van der Waals surface area (Å²) in [7, 11) is 0. The zero-order chi connectivity index (χ0) is 23.6. The minimum atomic E-state index is -0.837. The lowest BCUT2D eigenvalue weighted by Gasteiger charge is -2.15. The molecule has 0 saturated carbocycles. The number of hydrogen-bond acceptors (Lipinski definition) is 4. The van der Waals surface area contributed by atoms with E-state index in [1.807, 2.05) is 42.5 Å². The SMILES string of the molecule is C[C@H](Oc1ccc(-c2ccccc2)cc1)C(=O)NNC(=O)CCC(=O)Nc1ccccc1Cl. The van der Waals surface area contributed by atoms with Gasteiger partial charge in [-0.2, -0.15) is 0 Å². The number of nitrogens with one attached hydrogen (secondary N) is 3. The Morgan fingerprint density at radius 1 is 0.788 bits per heavy atom. The van der Waals surface area contributed by atoms with Crippen LogP contribution in [0, 0.1) is 0 Å². The average Bonchev–Trinajstić information content (AvgIpc) is 2.83. The summed E-state index contributed by atoms with van der Waals surface area (Å²) in [6.07, 6.45) is -1.00. The maximum atomic E-state index is 12.2. The van der Waals surface area contributed by atoms with Crippen LogP contribution in [0.4, 0.5) is 5.69 Å². The van der Waals surface area contributed by atoms with E-state index in [1.54, 1.807) is 43.3 Å². The van der Waals surface area contributed by atoms with Gasteiger partial charge in [-0.1, -0.05) is 66.2 Å². The van der Waals surface area contributed by atoms with Crippen molar-refractivity contribution in [3.8, 4) is 16.9 Å². The van der Waals surface area contributed by atoms with Crippen LogP contribution in [-0.4, -0.2) is 23.8 Å². The van der Waals surface area contributed by atoms with Gasteiger partial charge in [0.2, 0.25) is 11.8 Å². The van der Waals surface area contributed by atoms with Crippen molar-refractivity contribution in [2.24, 2.45) is 0 Å². The molecule has 33 heavy (non-hydrogen) atoms. The number of halogens is 1. The van der Waals surface area contributed by atoms with Crippen molar-refractivity contribution in [1.82, 2.24) is 10.9 Å². The number of rotatable bonds is 8. The molecule has 0 radical (unpaired) electrons. The first-order valence-electron chi connectivity index (χ1n) is 10.4. The van der Waals surface area contributed by atoms with Crippen LogP contribution in [-0.2, 0) is 14.4 Å². The number of amides is 3. The van der Waals surface area contributed by atoms with Crippen LogP contribution in [0.3, 0.4) is 0 Å². The molecule has 3 rings (SSSR count). The van der Waals surface area contributed by atoms with E-state index in [9.17, 15) is 14.4 Å². The highest BCUT2D eigenvalue weighted by atomic mass is 35.5. The fraction of sp³-hybridized carbons (Fsp3) is 0.160. The lowest BCUT2D eigenvalue weighted by molar-refractivity contribution is -0.133. The summed E-state index contributed by atoms with van der Waals surface area (Å²) in [5.74, 6) is -0.854. The maximum absolute atomic E-state index is 12.2. The first kappa shape index (κ1) is 23.8. The van der Waals surface area contributed by atoms with E-state index in [-0.39, 0.29) is 18.7 Å². The first-order chi connectivity index (χ1) is 15.9. The van der Waals surface area contributed by atoms with Crippen LogP contribution in [0.15, 0.2) is 78.9 Å². The van der Waals surface area contributed by atoms with Crippen LogP contribution < -0.4 is 20.9 Å². The third-order valence-corrected chi connectivity index (χ3v) is 5.03. The van der Waals surface area contributed by atoms with Crippen molar-refractivity contribution in [3.63, 3.8) is 0 Å². The van der Waals surface area contributed by atoms with Gasteiger partial charge in [-0.3, -0.25) is 25.2 Å². The Hall–Kier alpha value is -3.84. The molecule has 0 saturated heterocycles. The Balaban J connectivity index is 1.39. The Morgan fingerprint density at radius 2 is 1.39 bits per heavy atom. The van der Waals surface area contributed by atoms with Gasteiger partial charge in [0.15, 0.2) is 6.10 Å². The molecule has 0 aromatic heterocycles. The Kier molecular flexibility index (Phi) is 8.43. The van der Waals surface area contributed by atoms with Gasteiger partial charge in [0.25, 0.3) is 5.91 Å². The van der Waals surface area contributed by atoms with E-state index in [0.29, 0.717) is 16.5 Å². The minimum Gasteiger partial charge on any atom is -0.481 e. The molecule has 3 aromatic carbocycles. The second-order valence-corrected chi connectivity index (χ2v) is 7.62. The molecular formula is C25H24ClN3O4. The van der Waals surface area contributed by atoms with Crippen LogP contribution in [0.1, 0.15) is 19.8 Å². The predicted octanol–water partition coefficient (Wildman–Crippen LogP) is 4.34. The summed E-state index contributed by atoms with van der Waals surface area (Å²) in [5, 5.41) is 3.04. The van der Waals surface area contributed by atoms with Crippen molar-refractivity contribution < 1.29 is 19.1 Å². The number of hydrogen-bond donors (Lipinski definition) is 3. The number of carbonyl (C=O) groups excluding carboxylic acids is 3. The molecule has 0 bridgehead atoms. The number of hydrazine groups is 1. The number of para-hydroxylation sites is 1. The summed E-state index contributed by atoms with van der Waals surface area (Å²) in [6, 6.07) is 24.1. The van der Waals surface area contributed by atoms with Gasteiger partial charge in [0.1, 0.15) is 5.75 Å². The van der Waals surface area contributed by atoms with Crippen LogP contribution in [0.5, 0.6) is 5.75 Å². The monoisotopic (exact) mass is 465 g/mol. The van der Waals surface area contributed by atoms with E-state index in [0.717, 1.165) is 11.1 Å². The quantitative estimate of drug-likeness (QED) is 0.431. The van der Waals surface area contributed by atoms with E-state index < -0.39 is 17.9 Å². The summed E-state index contributed by atoms with van der Waals surface area (Å²) in [4.78, 5) is 36.1. The highest BCUT2D eigenvalue weighted by molar-refractivity contribution is 6.33. The number of carbonyl (C=O) groups is 3. The van der Waals surface area contributed by atoms with Crippen molar-refractivity contribution in [1.29, 1.82) is 0 Å². The molecule has 170 valence electrons. The second-order valence-electron chi connectivity index (χ2n) is 7.22. The number of benzene rings is 3. The van der Waals surface area contributed by atoms with Crippen molar-refractivity contribution in [2.75, 3.05) is 5.32 Å². The lowest BCUT2D eigenvalue weighted by atomic mass is 10.1. The molecule has 0 aliphatic rings. The molecule has 3 aromatic rings. The molecule has 7 nitrogen and oxygen atoms in total. The molecule has 0 unspecified atom stereocenters. The van der Waals surface area contributed by atoms with Crippen molar-refractivity contribution >= 4 is 35.0 Å². The minimum absolute atomic E-state index is 0.0628. The molecule has 3 N–H and O–H groups in total. The second kappa shape index (κ2) is 11.7. The van der Waals surface area contributed by atoms with Gasteiger partial charge in [0, 0.05) is 12.8 Å². The van der Waals surface area contributed by atoms with Crippen LogP contribution in [0.2, 0.25) is 5.02 Å². The molecule has 0 aliphatic carbocycles. The van der Waals surface area contributed by atoms with Gasteiger partial charge in [-0.05, 0) is 42.3 Å². The van der Waals surface area contributed by atoms with Gasteiger partial charge < -0.3 is 10.1 Å². The van der Waals surface area contributed by atoms with E-state index >= 15 is 0 Å². The summed E-state index contributed by atoms with van der Waals surface area (Å²) >= 11 is 5.99. The van der Waals surface area contributed by atoms with E-state index in [4.69, 9.17) is 16.3 Å². The third kappa shape index (κ3) is 7.36. The largest absolute Gasteiger partial charge is 0.481 e. The standard InChI is InChI=1S/C25H24ClN3O4/c1-17(33-20-13-11-19(12-14-20)18-7-3-2-4-8-18)25(32)29-28-24(31)16-15-23(30)27-22-10-6-5-9-21(22)26/h2-14,17H,15-16H2,1H3,(H,27,30)(H,28,31)(H,29,32)/t17-/m0/s1. The van der Waals surface area contributed by atoms with Gasteiger partial charge in [-0.25, -0.2) is 0 Å². The zero-order valence-electron chi connectivity index (χ0n) is 18.0. The normalized spacial score (nSPS) is 11.2. The maximum Gasteiger partial charge on any atom is 0.279 e. The van der Waals surface area contributed by atoms with Gasteiger partial charge >= 0.3 is 0 Å². The first-order valence-corrected chi connectivity index (χ1v) is 10.8. The highest BCUT2D eigenvalue weighted by Crippen LogP contribution is 2.23. The number of ether oxygens (including phenoxy) is 1. The molecule has 0 aliphatic heterocycles. The van der Waals surface area contributed by atoms with E-state index in [2.05, 4.69) is 16.2 Å². The molecule has 0 fully saturated rings. The molecular weight excluding hydrogens is 442 g/mol. The average molecular weight is 466 g/mol. The van der Waals surface area contributed by atoms with Crippen LogP contribution in [0.25, 0.3) is 11.1 Å². The number of anilines is 1. The molecule has 8 heteroatoms. The van der Waals surface area contributed by atoms with E-state index in [1.165, 1.54) is 0 Å². The molecule has 0 heterocycles. The zero-order valence-corrected chi connectivity index (χ0v) is 18.8. The smallest absolute Gasteiger partial charge is 0.279 e. The van der Waals surface area contributed by atoms with Crippen LogP contribution >= 0.6 is 11.6 Å². The summed E-state index contributed by atoms with van der Waals surface area (Å²) in [6.45, 7) is 1.57. The molecule has 0 spiro atoms. The van der Waals surface area contributed by atoms with Gasteiger partial charge in [0.05, 0.1) is 10.7 Å². The highest BCUT2D eigenvalue weighted by Gasteiger charge is 2.16. The predicted molar refractivity (Wildman–Crippen MR) is 128 cm³/mol. The summed E-state index contributed by atoms with van der Waals surface area (Å²) in [5.41, 5.74) is 7.18.